The monoisotopic (exact) mass is 312 g/mol. The van der Waals surface area contributed by atoms with E-state index in [1.807, 2.05) is 48.6 Å². The number of rotatable bonds is 6. The molecule has 0 aliphatic carbocycles. The Kier molecular flexibility index (Phi) is 5.45. The summed E-state index contributed by atoms with van der Waals surface area (Å²) in [5, 5.41) is 29.8. The highest BCUT2D eigenvalue weighted by Crippen LogP contribution is 2.30. The maximum absolute atomic E-state index is 10.00. The average Bonchev–Trinajstić information content (AvgIpc) is 2.48. The summed E-state index contributed by atoms with van der Waals surface area (Å²) in [6, 6.07) is 13.2. The second-order valence-corrected chi connectivity index (χ2v) is 6.44. The lowest BCUT2D eigenvalue weighted by Gasteiger charge is -2.17. The van der Waals surface area contributed by atoms with Gasteiger partial charge in [-0.3, -0.25) is 0 Å². The molecule has 3 N–H and O–H groups in total. The second-order valence-electron chi connectivity index (χ2n) is 6.44. The van der Waals surface area contributed by atoms with Crippen molar-refractivity contribution in [2.45, 2.75) is 38.7 Å². The van der Waals surface area contributed by atoms with E-state index < -0.39 is 5.60 Å². The Morgan fingerprint density at radius 1 is 0.957 bits per heavy atom. The fourth-order valence-corrected chi connectivity index (χ4v) is 2.36. The minimum absolute atomic E-state index is 0.0718. The van der Waals surface area contributed by atoms with Crippen LogP contribution in [0.2, 0.25) is 0 Å². The Labute approximate surface area is 137 Å². The fourth-order valence-electron chi connectivity index (χ4n) is 2.36. The van der Waals surface area contributed by atoms with E-state index in [0.717, 1.165) is 16.7 Å². The van der Waals surface area contributed by atoms with Gasteiger partial charge in [0, 0.05) is 6.07 Å². The molecule has 0 fully saturated rings. The Bertz CT molecular complexity index is 667. The van der Waals surface area contributed by atoms with Crippen LogP contribution in [-0.4, -0.2) is 20.9 Å². The summed E-state index contributed by atoms with van der Waals surface area (Å²) in [7, 11) is 0. The molecule has 0 bridgehead atoms. The van der Waals surface area contributed by atoms with Crippen LogP contribution >= 0.6 is 0 Å². The molecule has 0 saturated carbocycles. The van der Waals surface area contributed by atoms with Crippen molar-refractivity contribution in [3.8, 4) is 11.5 Å². The number of aromatic hydroxyl groups is 2. The lowest BCUT2D eigenvalue weighted by atomic mass is 9.96. The molecule has 0 saturated heterocycles. The van der Waals surface area contributed by atoms with E-state index in [-0.39, 0.29) is 11.5 Å². The standard InChI is InChI=1S/C20H24O3/c1-20(2,23)12-11-17-13-16(18(21)14-19(17)22)10-6-9-15-7-4-3-5-8-15/h3-9,13-14,21-23H,10-12H2,1-2H3. The van der Waals surface area contributed by atoms with Gasteiger partial charge in [0.1, 0.15) is 11.5 Å². The molecule has 122 valence electrons. The van der Waals surface area contributed by atoms with Crippen LogP contribution in [0, 0.1) is 0 Å². The van der Waals surface area contributed by atoms with Crippen LogP contribution in [0.4, 0.5) is 0 Å². The molecule has 3 nitrogen and oxygen atoms in total. The molecule has 0 aliphatic heterocycles. The van der Waals surface area contributed by atoms with Gasteiger partial charge >= 0.3 is 0 Å². The first-order valence-electron chi connectivity index (χ1n) is 7.83. The van der Waals surface area contributed by atoms with Gasteiger partial charge in [0.25, 0.3) is 0 Å². The van der Waals surface area contributed by atoms with Crippen LogP contribution in [0.5, 0.6) is 11.5 Å². The van der Waals surface area contributed by atoms with Gasteiger partial charge in [0.05, 0.1) is 5.60 Å². The van der Waals surface area contributed by atoms with E-state index in [1.165, 1.54) is 6.07 Å². The Balaban J connectivity index is 2.10. The van der Waals surface area contributed by atoms with Crippen molar-refractivity contribution in [1.29, 1.82) is 0 Å². The topological polar surface area (TPSA) is 60.7 Å². The first-order valence-corrected chi connectivity index (χ1v) is 7.83. The van der Waals surface area contributed by atoms with E-state index in [2.05, 4.69) is 0 Å². The van der Waals surface area contributed by atoms with Gasteiger partial charge in [-0.1, -0.05) is 42.5 Å². The number of aryl methyl sites for hydroxylation is 1. The van der Waals surface area contributed by atoms with Gasteiger partial charge in [0.2, 0.25) is 0 Å². The number of aliphatic hydroxyl groups is 1. The highest BCUT2D eigenvalue weighted by molar-refractivity contribution is 5.51. The molecule has 0 unspecified atom stereocenters. The lowest BCUT2D eigenvalue weighted by molar-refractivity contribution is 0.0712. The van der Waals surface area contributed by atoms with Gasteiger partial charge in [-0.05, 0) is 55.9 Å². The van der Waals surface area contributed by atoms with Gasteiger partial charge in [0.15, 0.2) is 0 Å². The van der Waals surface area contributed by atoms with Crippen LogP contribution < -0.4 is 0 Å². The zero-order chi connectivity index (χ0) is 16.9. The van der Waals surface area contributed by atoms with Crippen LogP contribution in [-0.2, 0) is 12.8 Å². The number of benzene rings is 2. The fraction of sp³-hybridized carbons (Fsp3) is 0.300. The number of phenolic OH excluding ortho intramolecular Hbond substituents is 2. The van der Waals surface area contributed by atoms with Crippen molar-refractivity contribution < 1.29 is 15.3 Å². The molecular formula is C20H24O3. The van der Waals surface area contributed by atoms with E-state index >= 15 is 0 Å². The molecule has 2 aromatic rings. The lowest BCUT2D eigenvalue weighted by Crippen LogP contribution is -2.19. The molecule has 2 rings (SSSR count). The molecule has 23 heavy (non-hydrogen) atoms. The normalized spacial score (nSPS) is 12.0. The van der Waals surface area contributed by atoms with Crippen molar-refractivity contribution >= 4 is 6.08 Å². The minimum atomic E-state index is -0.780. The maximum Gasteiger partial charge on any atom is 0.122 e. The molecule has 0 atom stereocenters. The molecular weight excluding hydrogens is 288 g/mol. The van der Waals surface area contributed by atoms with E-state index in [1.54, 1.807) is 13.8 Å². The maximum atomic E-state index is 10.00. The molecule has 0 radical (unpaired) electrons. The third-order valence-corrected chi connectivity index (χ3v) is 3.73. The predicted octanol–water partition coefficient (Wildman–Crippen LogP) is 4.06. The summed E-state index contributed by atoms with van der Waals surface area (Å²) in [6.07, 6.45) is 5.68. The molecule has 2 aromatic carbocycles. The summed E-state index contributed by atoms with van der Waals surface area (Å²) in [5.74, 6) is 0.162. The molecule has 3 heteroatoms. The highest BCUT2D eigenvalue weighted by atomic mass is 16.3. The van der Waals surface area contributed by atoms with Gasteiger partial charge in [-0.2, -0.15) is 0 Å². The third kappa shape index (κ3) is 5.46. The number of hydrogen-bond acceptors (Lipinski definition) is 3. The minimum Gasteiger partial charge on any atom is -0.508 e. The molecule has 0 spiro atoms. The molecule has 0 aromatic heterocycles. The van der Waals surface area contributed by atoms with Gasteiger partial charge < -0.3 is 15.3 Å². The van der Waals surface area contributed by atoms with E-state index in [0.29, 0.717) is 19.3 Å². The predicted molar refractivity (Wildman–Crippen MR) is 93.6 cm³/mol. The highest BCUT2D eigenvalue weighted by Gasteiger charge is 2.15. The third-order valence-electron chi connectivity index (χ3n) is 3.73. The zero-order valence-corrected chi connectivity index (χ0v) is 13.7. The van der Waals surface area contributed by atoms with Crippen molar-refractivity contribution in [3.63, 3.8) is 0 Å². The Morgan fingerprint density at radius 3 is 2.26 bits per heavy atom. The van der Waals surface area contributed by atoms with E-state index in [4.69, 9.17) is 0 Å². The molecule has 0 aliphatic rings. The smallest absolute Gasteiger partial charge is 0.122 e. The second kappa shape index (κ2) is 7.34. The van der Waals surface area contributed by atoms with Crippen LogP contribution in [0.25, 0.3) is 6.08 Å². The molecule has 0 heterocycles. The number of allylic oxidation sites excluding steroid dienone is 1. The Morgan fingerprint density at radius 2 is 1.61 bits per heavy atom. The van der Waals surface area contributed by atoms with Crippen LogP contribution in [0.1, 0.15) is 37.0 Å². The summed E-state index contributed by atoms with van der Waals surface area (Å²) in [6.45, 7) is 3.49. The summed E-state index contributed by atoms with van der Waals surface area (Å²) < 4.78 is 0. The largest absolute Gasteiger partial charge is 0.508 e. The summed E-state index contributed by atoms with van der Waals surface area (Å²) in [4.78, 5) is 0. The average molecular weight is 312 g/mol. The summed E-state index contributed by atoms with van der Waals surface area (Å²) in [5.41, 5.74) is 1.83. The van der Waals surface area contributed by atoms with Gasteiger partial charge in [-0.15, -0.1) is 0 Å². The number of phenols is 2. The summed E-state index contributed by atoms with van der Waals surface area (Å²) >= 11 is 0. The zero-order valence-electron chi connectivity index (χ0n) is 13.7. The van der Waals surface area contributed by atoms with Crippen molar-refractivity contribution in [2.24, 2.45) is 0 Å². The van der Waals surface area contributed by atoms with E-state index in [9.17, 15) is 15.3 Å². The van der Waals surface area contributed by atoms with Crippen molar-refractivity contribution in [3.05, 3.63) is 65.2 Å². The van der Waals surface area contributed by atoms with Crippen molar-refractivity contribution in [1.82, 2.24) is 0 Å². The molecule has 0 amide bonds. The first kappa shape index (κ1) is 17.1. The SMILES string of the molecule is CC(C)(O)CCc1cc(CC=Cc2ccccc2)c(O)cc1O. The quantitative estimate of drug-likeness (QED) is 0.754. The van der Waals surface area contributed by atoms with Gasteiger partial charge in [-0.25, -0.2) is 0 Å². The Hall–Kier alpha value is -2.26. The number of hydrogen-bond donors (Lipinski definition) is 3. The first-order chi connectivity index (χ1) is 10.8. The van der Waals surface area contributed by atoms with Crippen LogP contribution in [0.15, 0.2) is 48.5 Å². The van der Waals surface area contributed by atoms with Crippen LogP contribution in [0.3, 0.4) is 0 Å². The van der Waals surface area contributed by atoms with Crippen molar-refractivity contribution in [2.75, 3.05) is 0 Å².